The Bertz CT molecular complexity index is 1220. The van der Waals surface area contributed by atoms with Crippen LogP contribution in [-0.4, -0.2) is 66.9 Å². The van der Waals surface area contributed by atoms with Crippen molar-refractivity contribution >= 4 is 34.9 Å². The van der Waals surface area contributed by atoms with Crippen molar-refractivity contribution in [3.63, 3.8) is 0 Å². The number of anilines is 3. The van der Waals surface area contributed by atoms with Gasteiger partial charge in [-0.3, -0.25) is 9.59 Å². The van der Waals surface area contributed by atoms with E-state index in [0.29, 0.717) is 56.9 Å². The Kier molecular flexibility index (Phi) is 9.21. The molecule has 0 unspecified atom stereocenters. The number of piperidine rings is 1. The second kappa shape index (κ2) is 12.6. The number of nitrogens with one attached hydrogen (secondary N) is 2. The lowest BCUT2D eigenvalue weighted by molar-refractivity contribution is -0.137. The van der Waals surface area contributed by atoms with E-state index in [0.717, 1.165) is 37.1 Å². The lowest BCUT2D eigenvalue weighted by atomic mass is 10.0. The fourth-order valence-electron chi connectivity index (χ4n) is 5.04. The summed E-state index contributed by atoms with van der Waals surface area (Å²) in [6.45, 7) is 6.84. The standard InChI is InChI=1S/C29H36F3N5O3/c1-20(2)17-26(38)33-23-9-10-25(24(19-23)27(39)36-11-4-3-5-12-36)35-13-15-37(16-14-35)28(40)34-22-8-6-7-21(18-22)29(30,31)32/h6-10,18-20H,3-5,11-17H2,1-2H3,(H,33,38)(H,34,40). The molecule has 2 aliphatic heterocycles. The highest BCUT2D eigenvalue weighted by molar-refractivity contribution is 6.02. The third-order valence-electron chi connectivity index (χ3n) is 7.10. The summed E-state index contributed by atoms with van der Waals surface area (Å²) < 4.78 is 39.1. The van der Waals surface area contributed by atoms with Crippen molar-refractivity contribution in [3.05, 3.63) is 53.6 Å². The van der Waals surface area contributed by atoms with Gasteiger partial charge in [0.25, 0.3) is 5.91 Å². The van der Waals surface area contributed by atoms with Crippen LogP contribution in [-0.2, 0) is 11.0 Å². The normalized spacial score (nSPS) is 16.2. The Labute approximate surface area is 232 Å². The Morgan fingerprint density at radius 1 is 0.825 bits per heavy atom. The van der Waals surface area contributed by atoms with E-state index in [2.05, 4.69) is 10.6 Å². The summed E-state index contributed by atoms with van der Waals surface area (Å²) in [4.78, 5) is 44.2. The number of hydrogen-bond acceptors (Lipinski definition) is 4. The zero-order valence-corrected chi connectivity index (χ0v) is 22.9. The summed E-state index contributed by atoms with van der Waals surface area (Å²) in [6, 6.07) is 9.42. The van der Waals surface area contributed by atoms with E-state index in [9.17, 15) is 27.6 Å². The van der Waals surface area contributed by atoms with E-state index in [1.54, 1.807) is 17.0 Å². The van der Waals surface area contributed by atoms with Crippen LogP contribution in [0.1, 0.15) is 55.5 Å². The summed E-state index contributed by atoms with van der Waals surface area (Å²) in [5, 5.41) is 5.46. The van der Waals surface area contributed by atoms with Crippen LogP contribution >= 0.6 is 0 Å². The molecule has 0 atom stereocenters. The molecule has 0 spiro atoms. The maximum atomic E-state index is 13.6. The molecule has 2 fully saturated rings. The number of rotatable bonds is 6. The molecule has 11 heteroatoms. The van der Waals surface area contributed by atoms with E-state index < -0.39 is 17.8 Å². The van der Waals surface area contributed by atoms with Crippen molar-refractivity contribution in [2.24, 2.45) is 5.92 Å². The molecule has 2 aromatic rings. The van der Waals surface area contributed by atoms with E-state index >= 15 is 0 Å². The fourth-order valence-corrected chi connectivity index (χ4v) is 5.04. The van der Waals surface area contributed by atoms with Gasteiger partial charge in [-0.2, -0.15) is 13.2 Å². The first kappa shape index (κ1) is 29.2. The van der Waals surface area contributed by atoms with Crippen molar-refractivity contribution in [2.75, 3.05) is 54.8 Å². The molecule has 4 rings (SSSR count). The molecule has 0 aromatic heterocycles. The van der Waals surface area contributed by atoms with Crippen LogP contribution in [0.5, 0.6) is 0 Å². The fraction of sp³-hybridized carbons (Fsp3) is 0.483. The lowest BCUT2D eigenvalue weighted by Gasteiger charge is -2.37. The van der Waals surface area contributed by atoms with Crippen LogP contribution in [0.25, 0.3) is 0 Å². The van der Waals surface area contributed by atoms with Gasteiger partial charge in [0, 0.05) is 62.8 Å². The molecule has 40 heavy (non-hydrogen) atoms. The van der Waals surface area contributed by atoms with Gasteiger partial charge in [-0.1, -0.05) is 19.9 Å². The summed E-state index contributed by atoms with van der Waals surface area (Å²) in [7, 11) is 0. The lowest BCUT2D eigenvalue weighted by Crippen LogP contribution is -2.50. The topological polar surface area (TPSA) is 85.0 Å². The molecular weight excluding hydrogens is 523 g/mol. The summed E-state index contributed by atoms with van der Waals surface area (Å²) in [5.41, 5.74) is 1.05. The Hall–Kier alpha value is -3.76. The number of likely N-dealkylation sites (tertiary alicyclic amines) is 1. The van der Waals surface area contributed by atoms with Crippen molar-refractivity contribution in [2.45, 2.75) is 45.7 Å². The van der Waals surface area contributed by atoms with Gasteiger partial charge in [-0.15, -0.1) is 0 Å². The molecule has 8 nitrogen and oxygen atoms in total. The quantitative estimate of drug-likeness (QED) is 0.478. The van der Waals surface area contributed by atoms with Gasteiger partial charge in [0.1, 0.15) is 0 Å². The van der Waals surface area contributed by atoms with Crippen LogP contribution in [0.3, 0.4) is 0 Å². The van der Waals surface area contributed by atoms with Gasteiger partial charge in [0.15, 0.2) is 0 Å². The highest BCUT2D eigenvalue weighted by Crippen LogP contribution is 2.31. The van der Waals surface area contributed by atoms with Crippen LogP contribution in [0.2, 0.25) is 0 Å². The second-order valence-corrected chi connectivity index (χ2v) is 10.7. The number of urea groups is 1. The van der Waals surface area contributed by atoms with Crippen molar-refractivity contribution in [3.8, 4) is 0 Å². The SMILES string of the molecule is CC(C)CC(=O)Nc1ccc(N2CCN(C(=O)Nc3cccc(C(F)(F)F)c3)CC2)c(C(=O)N2CCCCC2)c1. The molecule has 0 aliphatic carbocycles. The number of hydrogen-bond donors (Lipinski definition) is 2. The minimum absolute atomic E-state index is 0.0757. The number of carbonyl (C=O) groups is 3. The molecule has 2 heterocycles. The summed E-state index contributed by atoms with van der Waals surface area (Å²) >= 11 is 0. The molecule has 2 aromatic carbocycles. The van der Waals surface area contributed by atoms with Crippen molar-refractivity contribution in [1.29, 1.82) is 0 Å². The third-order valence-corrected chi connectivity index (χ3v) is 7.10. The van der Waals surface area contributed by atoms with Gasteiger partial charge in [-0.25, -0.2) is 4.79 Å². The molecule has 2 aliphatic rings. The third kappa shape index (κ3) is 7.45. The molecular formula is C29H36F3N5O3. The van der Waals surface area contributed by atoms with Gasteiger partial charge < -0.3 is 25.3 Å². The van der Waals surface area contributed by atoms with Crippen LogP contribution in [0.4, 0.5) is 35.0 Å². The maximum absolute atomic E-state index is 13.6. The number of amides is 4. The molecule has 0 radical (unpaired) electrons. The largest absolute Gasteiger partial charge is 0.416 e. The monoisotopic (exact) mass is 559 g/mol. The smallest absolute Gasteiger partial charge is 0.367 e. The van der Waals surface area contributed by atoms with Gasteiger partial charge in [-0.05, 0) is 61.6 Å². The Balaban J connectivity index is 1.46. The Morgan fingerprint density at radius 2 is 1.50 bits per heavy atom. The van der Waals surface area contributed by atoms with E-state index in [-0.39, 0.29) is 23.4 Å². The van der Waals surface area contributed by atoms with Gasteiger partial charge in [0.2, 0.25) is 5.91 Å². The molecule has 0 bridgehead atoms. The average Bonchev–Trinajstić information content (AvgIpc) is 2.92. The first-order chi connectivity index (χ1) is 19.0. The van der Waals surface area contributed by atoms with Gasteiger partial charge in [0.05, 0.1) is 11.1 Å². The number of piperazine rings is 1. The molecule has 0 saturated carbocycles. The van der Waals surface area contributed by atoms with Crippen molar-refractivity contribution in [1.82, 2.24) is 9.80 Å². The first-order valence-electron chi connectivity index (χ1n) is 13.7. The van der Waals surface area contributed by atoms with Crippen LogP contribution < -0.4 is 15.5 Å². The van der Waals surface area contributed by atoms with Crippen molar-refractivity contribution < 1.29 is 27.6 Å². The number of benzene rings is 2. The molecule has 2 N–H and O–H groups in total. The van der Waals surface area contributed by atoms with E-state index in [1.165, 1.54) is 12.1 Å². The zero-order valence-electron chi connectivity index (χ0n) is 22.9. The van der Waals surface area contributed by atoms with Crippen LogP contribution in [0.15, 0.2) is 42.5 Å². The van der Waals surface area contributed by atoms with E-state index in [1.807, 2.05) is 29.7 Å². The number of alkyl halides is 3. The van der Waals surface area contributed by atoms with E-state index in [4.69, 9.17) is 0 Å². The highest BCUT2D eigenvalue weighted by atomic mass is 19.4. The predicted octanol–water partition coefficient (Wildman–Crippen LogP) is 5.67. The summed E-state index contributed by atoms with van der Waals surface area (Å²) in [5.74, 6) is 0.00898. The van der Waals surface area contributed by atoms with Gasteiger partial charge >= 0.3 is 12.2 Å². The number of nitrogens with zero attached hydrogens (tertiary/aromatic N) is 3. The predicted molar refractivity (Wildman–Crippen MR) is 149 cm³/mol. The van der Waals surface area contributed by atoms with Crippen LogP contribution in [0, 0.1) is 5.92 Å². The minimum atomic E-state index is -4.50. The highest BCUT2D eigenvalue weighted by Gasteiger charge is 2.31. The maximum Gasteiger partial charge on any atom is 0.416 e. The number of halogens is 3. The first-order valence-corrected chi connectivity index (χ1v) is 13.7. The molecule has 4 amide bonds. The Morgan fingerprint density at radius 3 is 2.15 bits per heavy atom. The molecule has 216 valence electrons. The number of carbonyl (C=O) groups excluding carboxylic acids is 3. The summed E-state index contributed by atoms with van der Waals surface area (Å²) in [6.07, 6.45) is -1.13. The zero-order chi connectivity index (χ0) is 28.9. The average molecular weight is 560 g/mol. The molecule has 2 saturated heterocycles. The second-order valence-electron chi connectivity index (χ2n) is 10.7. The minimum Gasteiger partial charge on any atom is -0.367 e.